The second-order valence-corrected chi connectivity index (χ2v) is 11.9. The highest BCUT2D eigenvalue weighted by molar-refractivity contribution is 8.15. The number of amidine groups is 1. The van der Waals surface area contributed by atoms with Crippen molar-refractivity contribution in [1.82, 2.24) is 5.32 Å². The molecule has 176 valence electrons. The van der Waals surface area contributed by atoms with Crippen molar-refractivity contribution in [3.05, 3.63) is 59.1 Å². The number of fused-ring (bicyclic) bond motifs is 1. The van der Waals surface area contributed by atoms with Crippen LogP contribution in [-0.2, 0) is 9.84 Å². The molecule has 0 spiro atoms. The number of amides is 1. The molecule has 0 bridgehead atoms. The van der Waals surface area contributed by atoms with Gasteiger partial charge in [0.25, 0.3) is 5.91 Å². The normalized spacial score (nSPS) is 20.7. The summed E-state index contributed by atoms with van der Waals surface area (Å²) in [6, 6.07) is 15.1. The summed E-state index contributed by atoms with van der Waals surface area (Å²) < 4.78 is 23.5. The SMILES string of the molecule is CCN(CCCNC(=O)c1ccc(Cl)c(NC2=N[C@H]3CS(=O)(=O)C[C@H]3S2)c1)c1ccccc1. The third-order valence-corrected chi connectivity index (χ3v) is 9.15. The molecule has 1 saturated heterocycles. The topological polar surface area (TPSA) is 90.9 Å². The van der Waals surface area contributed by atoms with Gasteiger partial charge in [-0.2, -0.15) is 0 Å². The van der Waals surface area contributed by atoms with Crippen molar-refractivity contribution in [3.63, 3.8) is 0 Å². The second-order valence-electron chi connectivity index (χ2n) is 8.08. The first-order valence-electron chi connectivity index (χ1n) is 10.9. The van der Waals surface area contributed by atoms with Crippen LogP contribution in [0.25, 0.3) is 0 Å². The fourth-order valence-corrected chi connectivity index (χ4v) is 7.81. The molecule has 2 aromatic rings. The summed E-state index contributed by atoms with van der Waals surface area (Å²) >= 11 is 7.74. The molecule has 0 aromatic heterocycles. The molecule has 1 amide bonds. The van der Waals surface area contributed by atoms with Gasteiger partial charge in [0.05, 0.1) is 28.3 Å². The first-order valence-corrected chi connectivity index (χ1v) is 14.0. The lowest BCUT2D eigenvalue weighted by molar-refractivity contribution is 0.0953. The number of carbonyl (C=O) groups is 1. The third kappa shape index (κ3) is 6.02. The van der Waals surface area contributed by atoms with Gasteiger partial charge in [-0.1, -0.05) is 41.6 Å². The third-order valence-electron chi connectivity index (χ3n) is 5.68. The Hall–Kier alpha value is -2.23. The Morgan fingerprint density at radius 1 is 1.21 bits per heavy atom. The maximum Gasteiger partial charge on any atom is 0.251 e. The molecule has 2 aromatic carbocycles. The molecule has 4 rings (SSSR count). The van der Waals surface area contributed by atoms with Crippen molar-refractivity contribution < 1.29 is 13.2 Å². The zero-order valence-corrected chi connectivity index (χ0v) is 20.7. The smallest absolute Gasteiger partial charge is 0.251 e. The van der Waals surface area contributed by atoms with Gasteiger partial charge in [-0.05, 0) is 43.7 Å². The Balaban J connectivity index is 1.30. The van der Waals surface area contributed by atoms with Crippen molar-refractivity contribution in [2.24, 2.45) is 4.99 Å². The zero-order valence-electron chi connectivity index (χ0n) is 18.3. The molecule has 0 radical (unpaired) electrons. The first-order chi connectivity index (χ1) is 15.8. The number of hydrogen-bond acceptors (Lipinski definition) is 7. The summed E-state index contributed by atoms with van der Waals surface area (Å²) in [5.74, 6) is 0.0695. The summed E-state index contributed by atoms with van der Waals surface area (Å²) in [5.41, 5.74) is 2.26. The van der Waals surface area contributed by atoms with Crippen LogP contribution < -0.4 is 15.5 Å². The molecule has 2 atom stereocenters. The lowest BCUT2D eigenvalue weighted by Crippen LogP contribution is -2.30. The van der Waals surface area contributed by atoms with Crippen molar-refractivity contribution >= 4 is 55.6 Å². The highest BCUT2D eigenvalue weighted by atomic mass is 35.5. The molecule has 33 heavy (non-hydrogen) atoms. The largest absolute Gasteiger partial charge is 0.372 e. The predicted molar refractivity (Wildman–Crippen MR) is 138 cm³/mol. The van der Waals surface area contributed by atoms with E-state index in [0.29, 0.717) is 28.0 Å². The Labute approximate surface area is 203 Å². The molecule has 2 heterocycles. The number of aliphatic imine (C=N–C) groups is 1. The molecule has 0 aliphatic carbocycles. The minimum atomic E-state index is -3.00. The zero-order chi connectivity index (χ0) is 23.4. The van der Waals surface area contributed by atoms with Gasteiger partial charge >= 0.3 is 0 Å². The van der Waals surface area contributed by atoms with Crippen molar-refractivity contribution in [3.8, 4) is 0 Å². The van der Waals surface area contributed by atoms with E-state index in [-0.39, 0.29) is 28.7 Å². The molecule has 0 saturated carbocycles. The summed E-state index contributed by atoms with van der Waals surface area (Å²) in [7, 11) is -3.00. The average molecular weight is 507 g/mol. The van der Waals surface area contributed by atoms with Crippen LogP contribution in [0.4, 0.5) is 11.4 Å². The minimum Gasteiger partial charge on any atom is -0.372 e. The van der Waals surface area contributed by atoms with E-state index < -0.39 is 9.84 Å². The van der Waals surface area contributed by atoms with E-state index in [4.69, 9.17) is 11.6 Å². The fourth-order valence-electron chi connectivity index (χ4n) is 3.98. The number of rotatable bonds is 8. The van der Waals surface area contributed by atoms with Crippen LogP contribution in [0.2, 0.25) is 5.02 Å². The van der Waals surface area contributed by atoms with E-state index in [1.165, 1.54) is 17.4 Å². The van der Waals surface area contributed by atoms with Gasteiger partial charge in [-0.25, -0.2) is 8.42 Å². The van der Waals surface area contributed by atoms with Crippen LogP contribution in [0.3, 0.4) is 0 Å². The highest BCUT2D eigenvalue weighted by Crippen LogP contribution is 2.35. The Morgan fingerprint density at radius 2 is 2.00 bits per heavy atom. The monoisotopic (exact) mass is 506 g/mol. The molecular formula is C23H27ClN4O3S2. The maximum absolute atomic E-state index is 12.7. The number of benzene rings is 2. The Bertz CT molecular complexity index is 1140. The lowest BCUT2D eigenvalue weighted by atomic mass is 10.2. The van der Waals surface area contributed by atoms with Crippen LogP contribution in [0.1, 0.15) is 23.7 Å². The van der Waals surface area contributed by atoms with Crippen LogP contribution in [-0.4, -0.2) is 61.9 Å². The van der Waals surface area contributed by atoms with E-state index in [9.17, 15) is 13.2 Å². The fraction of sp³-hybridized carbons (Fsp3) is 0.391. The number of nitrogens with one attached hydrogen (secondary N) is 2. The summed E-state index contributed by atoms with van der Waals surface area (Å²) in [6.07, 6.45) is 0.826. The lowest BCUT2D eigenvalue weighted by Gasteiger charge is -2.23. The van der Waals surface area contributed by atoms with Crippen LogP contribution in [0, 0.1) is 0 Å². The molecule has 2 N–H and O–H groups in total. The summed E-state index contributed by atoms with van der Waals surface area (Å²) in [6.45, 7) is 4.43. The van der Waals surface area contributed by atoms with Gasteiger partial charge in [0.1, 0.15) is 0 Å². The Kier molecular flexibility index (Phi) is 7.51. The van der Waals surface area contributed by atoms with Gasteiger partial charge in [0.2, 0.25) is 0 Å². The minimum absolute atomic E-state index is 0.0543. The number of hydrogen-bond donors (Lipinski definition) is 2. The number of carbonyl (C=O) groups excluding carboxylic acids is 1. The first kappa shape index (κ1) is 23.9. The standard InChI is InChI=1S/C23H27ClN4O3S2/c1-2-28(17-7-4-3-5-8-17)12-6-11-25-22(29)16-9-10-18(24)19(13-16)26-23-27-20-14-33(30,31)15-21(20)32-23/h3-5,7-10,13,20-21H,2,6,11-12,14-15H2,1H3,(H,25,29)(H,26,27)/t20-,21+/m0/s1. The Morgan fingerprint density at radius 3 is 2.73 bits per heavy atom. The highest BCUT2D eigenvalue weighted by Gasteiger charge is 2.42. The predicted octanol–water partition coefficient (Wildman–Crippen LogP) is 3.67. The van der Waals surface area contributed by atoms with E-state index in [1.807, 2.05) is 18.2 Å². The molecule has 0 unspecified atom stereocenters. The van der Waals surface area contributed by atoms with Gasteiger partial charge in [-0.3, -0.25) is 9.79 Å². The van der Waals surface area contributed by atoms with Crippen LogP contribution in [0.5, 0.6) is 0 Å². The molecule has 1 fully saturated rings. The van der Waals surface area contributed by atoms with Crippen molar-refractivity contribution in [1.29, 1.82) is 0 Å². The number of anilines is 2. The van der Waals surface area contributed by atoms with Gasteiger partial charge in [0, 0.05) is 36.1 Å². The van der Waals surface area contributed by atoms with Gasteiger partial charge < -0.3 is 15.5 Å². The average Bonchev–Trinajstić information content (AvgIpc) is 3.28. The van der Waals surface area contributed by atoms with E-state index in [2.05, 4.69) is 39.6 Å². The van der Waals surface area contributed by atoms with E-state index in [1.54, 1.807) is 18.2 Å². The number of sulfone groups is 1. The van der Waals surface area contributed by atoms with Crippen LogP contribution >= 0.6 is 23.4 Å². The molecule has 2 aliphatic rings. The number of thioether (sulfide) groups is 1. The molecule has 2 aliphatic heterocycles. The second kappa shape index (κ2) is 10.4. The van der Waals surface area contributed by atoms with E-state index in [0.717, 1.165) is 19.5 Å². The summed E-state index contributed by atoms with van der Waals surface area (Å²) in [5, 5.41) is 7.20. The molecular weight excluding hydrogens is 480 g/mol. The van der Waals surface area contributed by atoms with Crippen LogP contribution in [0.15, 0.2) is 53.5 Å². The van der Waals surface area contributed by atoms with E-state index >= 15 is 0 Å². The van der Waals surface area contributed by atoms with Crippen molar-refractivity contribution in [2.75, 3.05) is 41.4 Å². The van der Waals surface area contributed by atoms with Gasteiger partial charge in [0.15, 0.2) is 15.0 Å². The number of nitrogens with zero attached hydrogens (tertiary/aromatic N) is 2. The number of para-hydroxylation sites is 1. The molecule has 10 heteroatoms. The summed E-state index contributed by atoms with van der Waals surface area (Å²) in [4.78, 5) is 19.4. The van der Waals surface area contributed by atoms with Gasteiger partial charge in [-0.15, -0.1) is 0 Å². The molecule has 7 nitrogen and oxygen atoms in total. The maximum atomic E-state index is 12.7. The van der Waals surface area contributed by atoms with Crippen molar-refractivity contribution in [2.45, 2.75) is 24.6 Å². The number of halogens is 1. The quantitative estimate of drug-likeness (QED) is 0.531.